The van der Waals surface area contributed by atoms with Gasteiger partial charge in [-0.1, -0.05) is 36.8 Å². The molecule has 0 radical (unpaired) electrons. The largest absolute Gasteiger partial charge is 0.486 e. The second-order valence-electron chi connectivity index (χ2n) is 8.42. The van der Waals surface area contributed by atoms with Gasteiger partial charge in [-0.15, -0.1) is 0 Å². The van der Waals surface area contributed by atoms with E-state index in [1.54, 1.807) is 18.2 Å². The van der Waals surface area contributed by atoms with Gasteiger partial charge in [0.2, 0.25) is 21.8 Å². The van der Waals surface area contributed by atoms with Crippen molar-refractivity contribution in [1.82, 2.24) is 10.2 Å². The number of sulfonamides is 1. The number of nitrogens with zero attached hydrogens (tertiary/aromatic N) is 2. The molecule has 0 aliphatic carbocycles. The number of carbonyl (C=O) groups excluding carboxylic acids is 2. The summed E-state index contributed by atoms with van der Waals surface area (Å²) in [6.45, 7) is 6.50. The Morgan fingerprint density at radius 1 is 1.03 bits per heavy atom. The zero-order chi connectivity index (χ0) is 25.6. The van der Waals surface area contributed by atoms with Crippen LogP contribution < -0.4 is 19.1 Å². The van der Waals surface area contributed by atoms with Gasteiger partial charge in [0.25, 0.3) is 0 Å². The Labute approximate surface area is 207 Å². The third kappa shape index (κ3) is 6.66. The van der Waals surface area contributed by atoms with E-state index < -0.39 is 28.5 Å². The molecule has 2 amide bonds. The van der Waals surface area contributed by atoms with E-state index in [0.717, 1.165) is 21.7 Å². The molecule has 1 heterocycles. The molecule has 2 aromatic rings. The maximum absolute atomic E-state index is 13.6. The highest BCUT2D eigenvalue weighted by Crippen LogP contribution is 2.34. The molecule has 2 aromatic carbocycles. The predicted octanol–water partition coefficient (Wildman–Crippen LogP) is 2.48. The van der Waals surface area contributed by atoms with Crippen LogP contribution in [0.1, 0.15) is 31.4 Å². The first-order valence-corrected chi connectivity index (χ1v) is 13.5. The van der Waals surface area contributed by atoms with Gasteiger partial charge >= 0.3 is 0 Å². The van der Waals surface area contributed by atoms with Crippen molar-refractivity contribution in [3.05, 3.63) is 53.6 Å². The molecule has 0 aromatic heterocycles. The summed E-state index contributed by atoms with van der Waals surface area (Å²) in [5.41, 5.74) is 2.20. The van der Waals surface area contributed by atoms with Crippen LogP contribution in [0, 0.1) is 6.92 Å². The number of nitrogens with one attached hydrogen (secondary N) is 1. The van der Waals surface area contributed by atoms with E-state index in [2.05, 4.69) is 5.32 Å². The van der Waals surface area contributed by atoms with Gasteiger partial charge in [-0.25, -0.2) is 8.42 Å². The smallest absolute Gasteiger partial charge is 0.244 e. The van der Waals surface area contributed by atoms with Crippen LogP contribution in [0.2, 0.25) is 0 Å². The number of ether oxygens (including phenoxy) is 2. The Bertz CT molecular complexity index is 1150. The molecular weight excluding hydrogens is 470 g/mol. The highest BCUT2D eigenvalue weighted by atomic mass is 32.2. The van der Waals surface area contributed by atoms with Crippen molar-refractivity contribution >= 4 is 27.5 Å². The number of anilines is 1. The number of amides is 2. The minimum Gasteiger partial charge on any atom is -0.486 e. The number of hydrogen-bond acceptors (Lipinski definition) is 6. The summed E-state index contributed by atoms with van der Waals surface area (Å²) in [4.78, 5) is 27.9. The van der Waals surface area contributed by atoms with Crippen LogP contribution in [0.15, 0.2) is 42.5 Å². The fourth-order valence-corrected chi connectivity index (χ4v) is 4.74. The lowest BCUT2D eigenvalue weighted by Gasteiger charge is -2.33. The topological polar surface area (TPSA) is 105 Å². The van der Waals surface area contributed by atoms with Crippen molar-refractivity contribution in [2.75, 3.05) is 36.9 Å². The van der Waals surface area contributed by atoms with Gasteiger partial charge < -0.3 is 19.7 Å². The Balaban J connectivity index is 1.94. The van der Waals surface area contributed by atoms with Gasteiger partial charge in [0.15, 0.2) is 11.5 Å². The minimum atomic E-state index is -3.83. The molecule has 0 saturated carbocycles. The summed E-state index contributed by atoms with van der Waals surface area (Å²) in [5, 5.41) is 2.78. The third-order valence-corrected chi connectivity index (χ3v) is 6.84. The zero-order valence-electron chi connectivity index (χ0n) is 20.6. The first-order chi connectivity index (χ1) is 16.6. The maximum atomic E-state index is 13.6. The highest BCUT2D eigenvalue weighted by Gasteiger charge is 2.32. The van der Waals surface area contributed by atoms with Crippen molar-refractivity contribution in [1.29, 1.82) is 0 Å². The third-order valence-electron chi connectivity index (χ3n) is 5.70. The van der Waals surface area contributed by atoms with Gasteiger partial charge in [-0.3, -0.25) is 13.9 Å². The van der Waals surface area contributed by atoms with Crippen LogP contribution in [0.5, 0.6) is 11.5 Å². The summed E-state index contributed by atoms with van der Waals surface area (Å²) in [6.07, 6.45) is 1.43. The van der Waals surface area contributed by atoms with Crippen LogP contribution in [-0.4, -0.2) is 63.7 Å². The van der Waals surface area contributed by atoms with Gasteiger partial charge in [0.1, 0.15) is 25.8 Å². The lowest BCUT2D eigenvalue weighted by Crippen LogP contribution is -2.52. The van der Waals surface area contributed by atoms with Gasteiger partial charge in [-0.05, 0) is 38.0 Å². The van der Waals surface area contributed by atoms with Gasteiger partial charge in [0, 0.05) is 19.2 Å². The molecule has 1 N–H and O–H groups in total. The number of benzene rings is 2. The van der Waals surface area contributed by atoms with E-state index in [0.29, 0.717) is 37.7 Å². The Morgan fingerprint density at radius 3 is 2.29 bits per heavy atom. The Morgan fingerprint density at radius 2 is 1.69 bits per heavy atom. The molecular formula is C25H33N3O6S. The number of likely N-dealkylation sites (N-methyl/N-ethyl adjacent to an activating group) is 1. The van der Waals surface area contributed by atoms with Crippen molar-refractivity contribution in [2.24, 2.45) is 0 Å². The SMILES string of the molecule is CCNC(=O)[C@H](CC)N(Cc1ccc(C)cc1)C(=O)CN(c1ccc2c(c1)OCCO2)S(C)(=O)=O. The summed E-state index contributed by atoms with van der Waals surface area (Å²) >= 11 is 0. The number of fused-ring (bicyclic) bond motifs is 1. The van der Waals surface area contributed by atoms with Crippen molar-refractivity contribution in [3.8, 4) is 11.5 Å². The van der Waals surface area contributed by atoms with Crippen LogP contribution in [0.25, 0.3) is 0 Å². The summed E-state index contributed by atoms with van der Waals surface area (Å²) < 4.78 is 37.6. The molecule has 3 rings (SSSR count). The molecule has 190 valence electrons. The quantitative estimate of drug-likeness (QED) is 0.534. The average molecular weight is 504 g/mol. The summed E-state index contributed by atoms with van der Waals surface area (Å²) in [5.74, 6) is 0.174. The number of rotatable bonds is 10. The van der Waals surface area contributed by atoms with Crippen LogP contribution in [0.4, 0.5) is 5.69 Å². The lowest BCUT2D eigenvalue weighted by molar-refractivity contribution is -0.140. The fraction of sp³-hybridized carbons (Fsp3) is 0.440. The minimum absolute atomic E-state index is 0.174. The number of aryl methyl sites for hydroxylation is 1. The molecule has 0 unspecified atom stereocenters. The monoisotopic (exact) mass is 503 g/mol. The van der Waals surface area contributed by atoms with E-state index in [1.807, 2.05) is 45.0 Å². The molecule has 0 fully saturated rings. The second kappa shape index (κ2) is 11.4. The second-order valence-corrected chi connectivity index (χ2v) is 10.3. The molecule has 1 aliphatic heterocycles. The normalized spacial score (nSPS) is 13.6. The Hall–Kier alpha value is -3.27. The van der Waals surface area contributed by atoms with Crippen LogP contribution >= 0.6 is 0 Å². The standard InChI is InChI=1S/C25H33N3O6S/c1-5-21(25(30)26-6-2)27(16-19-9-7-18(3)8-10-19)24(29)17-28(35(4,31)32)20-11-12-22-23(15-20)34-14-13-33-22/h7-12,15,21H,5-6,13-14,16-17H2,1-4H3,(H,26,30)/t21-/m0/s1. The van der Waals surface area contributed by atoms with Crippen molar-refractivity contribution in [2.45, 2.75) is 39.8 Å². The number of hydrogen-bond donors (Lipinski definition) is 1. The zero-order valence-corrected chi connectivity index (χ0v) is 21.4. The molecule has 1 aliphatic rings. The summed E-state index contributed by atoms with van der Waals surface area (Å²) in [6, 6.07) is 11.7. The molecule has 0 spiro atoms. The number of carbonyl (C=O) groups is 2. The predicted molar refractivity (Wildman–Crippen MR) is 134 cm³/mol. The first kappa shape index (κ1) is 26.3. The molecule has 1 atom stereocenters. The average Bonchev–Trinajstić information content (AvgIpc) is 2.82. The Kier molecular flexibility index (Phi) is 8.61. The maximum Gasteiger partial charge on any atom is 0.244 e. The van der Waals surface area contributed by atoms with Crippen LogP contribution in [-0.2, 0) is 26.2 Å². The first-order valence-electron chi connectivity index (χ1n) is 11.6. The van der Waals surface area contributed by atoms with E-state index in [4.69, 9.17) is 9.47 Å². The molecule has 0 bridgehead atoms. The molecule has 9 nitrogen and oxygen atoms in total. The van der Waals surface area contributed by atoms with Gasteiger partial charge in [-0.2, -0.15) is 0 Å². The van der Waals surface area contributed by atoms with E-state index in [-0.39, 0.29) is 18.1 Å². The van der Waals surface area contributed by atoms with E-state index in [9.17, 15) is 18.0 Å². The molecule has 10 heteroatoms. The van der Waals surface area contributed by atoms with Crippen molar-refractivity contribution < 1.29 is 27.5 Å². The molecule has 35 heavy (non-hydrogen) atoms. The molecule has 0 saturated heterocycles. The van der Waals surface area contributed by atoms with Crippen LogP contribution in [0.3, 0.4) is 0 Å². The van der Waals surface area contributed by atoms with Crippen molar-refractivity contribution in [3.63, 3.8) is 0 Å². The summed E-state index contributed by atoms with van der Waals surface area (Å²) in [7, 11) is -3.83. The van der Waals surface area contributed by atoms with E-state index in [1.165, 1.54) is 4.90 Å². The lowest BCUT2D eigenvalue weighted by atomic mass is 10.1. The van der Waals surface area contributed by atoms with Gasteiger partial charge in [0.05, 0.1) is 11.9 Å². The van der Waals surface area contributed by atoms with E-state index >= 15 is 0 Å². The fourth-order valence-electron chi connectivity index (χ4n) is 3.90. The highest BCUT2D eigenvalue weighted by molar-refractivity contribution is 7.92.